The van der Waals surface area contributed by atoms with Crippen molar-refractivity contribution in [3.05, 3.63) is 55.7 Å². The van der Waals surface area contributed by atoms with Crippen molar-refractivity contribution >= 4 is 27.9 Å². The summed E-state index contributed by atoms with van der Waals surface area (Å²) in [4.78, 5) is 35.3. The number of rotatable bonds is 1. The molecule has 0 N–H and O–H groups in total. The molecule has 0 aliphatic carbocycles. The molecule has 3 rings (SSSR count). The van der Waals surface area contributed by atoms with Gasteiger partial charge in [0, 0.05) is 23.1 Å². The molecule has 0 amide bonds. The first-order valence-electron chi connectivity index (χ1n) is 6.52. The van der Waals surface area contributed by atoms with Gasteiger partial charge in [-0.2, -0.15) is 0 Å². The van der Waals surface area contributed by atoms with E-state index in [1.165, 1.54) is 13.2 Å². The summed E-state index contributed by atoms with van der Waals surface area (Å²) >= 11 is 0. The van der Waals surface area contributed by atoms with Crippen LogP contribution in [0.15, 0.2) is 36.6 Å². The number of ether oxygens (including phenoxy) is 1. The Morgan fingerprint density at radius 1 is 1.00 bits per heavy atom. The molecule has 2 aromatic heterocycles. The van der Waals surface area contributed by atoms with Crippen LogP contribution >= 0.6 is 0 Å². The van der Waals surface area contributed by atoms with Crippen LogP contribution in [0.3, 0.4) is 0 Å². The van der Waals surface area contributed by atoms with Crippen LogP contribution < -0.4 is 11.1 Å². The molecule has 2 heterocycles. The summed E-state index contributed by atoms with van der Waals surface area (Å²) in [6.07, 6.45) is 0. The fraction of sp³-hybridized carbons (Fsp3) is 0.188. The van der Waals surface area contributed by atoms with Crippen molar-refractivity contribution in [3.8, 4) is 0 Å². The molecule has 0 unspecified atom stereocenters. The standard InChI is InChI=1S/C16H12O6/c1-7-4-13(18)22-14-8(2)15-10(5-9(7)14)11(17)6-12(21-15)16(19)20-3/h4-6H,1-3H3. The van der Waals surface area contributed by atoms with E-state index in [1.807, 2.05) is 0 Å². The van der Waals surface area contributed by atoms with Crippen LogP contribution in [0.4, 0.5) is 0 Å². The molecular weight excluding hydrogens is 288 g/mol. The number of esters is 1. The van der Waals surface area contributed by atoms with Gasteiger partial charge in [-0.1, -0.05) is 0 Å². The van der Waals surface area contributed by atoms with E-state index in [4.69, 9.17) is 8.83 Å². The zero-order chi connectivity index (χ0) is 16.0. The summed E-state index contributed by atoms with van der Waals surface area (Å²) in [5, 5.41) is 0.970. The maximum atomic E-state index is 12.2. The Morgan fingerprint density at radius 2 is 1.68 bits per heavy atom. The minimum Gasteiger partial charge on any atom is -0.463 e. The molecule has 0 aliphatic heterocycles. The van der Waals surface area contributed by atoms with Crippen LogP contribution in [0.25, 0.3) is 21.9 Å². The highest BCUT2D eigenvalue weighted by atomic mass is 16.5. The van der Waals surface area contributed by atoms with Gasteiger partial charge in [-0.25, -0.2) is 9.59 Å². The van der Waals surface area contributed by atoms with Crippen LogP contribution in [0, 0.1) is 13.8 Å². The summed E-state index contributed by atoms with van der Waals surface area (Å²) in [7, 11) is 1.20. The van der Waals surface area contributed by atoms with Gasteiger partial charge >= 0.3 is 11.6 Å². The van der Waals surface area contributed by atoms with E-state index in [1.54, 1.807) is 19.9 Å². The molecule has 6 heteroatoms. The summed E-state index contributed by atoms with van der Waals surface area (Å²) in [6.45, 7) is 3.42. The molecule has 22 heavy (non-hydrogen) atoms. The highest BCUT2D eigenvalue weighted by Gasteiger charge is 2.17. The van der Waals surface area contributed by atoms with Crippen molar-refractivity contribution in [1.29, 1.82) is 0 Å². The monoisotopic (exact) mass is 300 g/mol. The van der Waals surface area contributed by atoms with Crippen LogP contribution in [0.2, 0.25) is 0 Å². The molecule has 0 aliphatic rings. The van der Waals surface area contributed by atoms with E-state index in [0.717, 1.165) is 6.07 Å². The van der Waals surface area contributed by atoms with Crippen molar-refractivity contribution in [2.75, 3.05) is 7.11 Å². The maximum absolute atomic E-state index is 12.2. The second kappa shape index (κ2) is 4.84. The third kappa shape index (κ3) is 2.00. The van der Waals surface area contributed by atoms with Crippen molar-refractivity contribution in [3.63, 3.8) is 0 Å². The van der Waals surface area contributed by atoms with E-state index < -0.39 is 11.6 Å². The SMILES string of the molecule is COC(=O)c1cc(=O)c2cc3c(C)cc(=O)oc3c(C)c2o1. The Labute approximate surface area is 123 Å². The minimum atomic E-state index is -0.746. The van der Waals surface area contributed by atoms with E-state index in [0.29, 0.717) is 27.5 Å². The quantitative estimate of drug-likeness (QED) is 0.389. The summed E-state index contributed by atoms with van der Waals surface area (Å²) < 4.78 is 15.3. The van der Waals surface area contributed by atoms with Gasteiger partial charge in [0.1, 0.15) is 11.2 Å². The highest BCUT2D eigenvalue weighted by molar-refractivity contribution is 5.99. The third-order valence-electron chi connectivity index (χ3n) is 3.55. The lowest BCUT2D eigenvalue weighted by molar-refractivity contribution is 0.0565. The number of benzene rings is 1. The number of methoxy groups -OCH3 is 1. The van der Waals surface area contributed by atoms with E-state index in [2.05, 4.69) is 4.74 Å². The van der Waals surface area contributed by atoms with Gasteiger partial charge in [0.2, 0.25) is 5.76 Å². The van der Waals surface area contributed by atoms with Gasteiger partial charge in [-0.05, 0) is 25.5 Å². The van der Waals surface area contributed by atoms with Crippen molar-refractivity contribution < 1.29 is 18.4 Å². The Bertz CT molecular complexity index is 1040. The summed E-state index contributed by atoms with van der Waals surface area (Å²) in [5.41, 5.74) is 0.872. The first kappa shape index (κ1) is 14.1. The van der Waals surface area contributed by atoms with Crippen LogP contribution in [-0.4, -0.2) is 13.1 Å². The van der Waals surface area contributed by atoms with E-state index in [9.17, 15) is 14.4 Å². The van der Waals surface area contributed by atoms with E-state index >= 15 is 0 Å². The topological polar surface area (TPSA) is 86.7 Å². The van der Waals surface area contributed by atoms with Gasteiger partial charge in [0.25, 0.3) is 0 Å². The normalized spacial score (nSPS) is 11.0. The number of carbonyl (C=O) groups excluding carboxylic acids is 1. The smallest absolute Gasteiger partial charge is 0.374 e. The Kier molecular flexibility index (Phi) is 3.09. The van der Waals surface area contributed by atoms with Gasteiger partial charge in [-0.15, -0.1) is 0 Å². The molecule has 0 atom stereocenters. The lowest BCUT2D eigenvalue weighted by Gasteiger charge is -2.08. The molecule has 0 spiro atoms. The Hall–Kier alpha value is -2.89. The largest absolute Gasteiger partial charge is 0.463 e. The van der Waals surface area contributed by atoms with Gasteiger partial charge in [0.15, 0.2) is 5.43 Å². The molecule has 0 saturated heterocycles. The molecule has 112 valence electrons. The number of hydrogen-bond acceptors (Lipinski definition) is 6. The predicted octanol–water partition coefficient (Wildman–Crippen LogP) is 2.30. The zero-order valence-corrected chi connectivity index (χ0v) is 12.2. The van der Waals surface area contributed by atoms with Crippen molar-refractivity contribution in [2.24, 2.45) is 0 Å². The number of hydrogen-bond donors (Lipinski definition) is 0. The van der Waals surface area contributed by atoms with Crippen LogP contribution in [-0.2, 0) is 4.74 Å². The average molecular weight is 300 g/mol. The van der Waals surface area contributed by atoms with Crippen LogP contribution in [0.1, 0.15) is 21.7 Å². The minimum absolute atomic E-state index is 0.197. The molecule has 0 saturated carbocycles. The lowest BCUT2D eigenvalue weighted by Crippen LogP contribution is -2.09. The first-order valence-corrected chi connectivity index (χ1v) is 6.52. The molecule has 0 fully saturated rings. The zero-order valence-electron chi connectivity index (χ0n) is 12.2. The van der Waals surface area contributed by atoms with E-state index in [-0.39, 0.29) is 16.8 Å². The Morgan fingerprint density at radius 3 is 2.36 bits per heavy atom. The average Bonchev–Trinajstić information content (AvgIpc) is 2.48. The molecule has 0 radical (unpaired) electrons. The second-order valence-corrected chi connectivity index (χ2v) is 4.97. The maximum Gasteiger partial charge on any atom is 0.374 e. The third-order valence-corrected chi connectivity index (χ3v) is 3.55. The van der Waals surface area contributed by atoms with Gasteiger partial charge < -0.3 is 13.6 Å². The van der Waals surface area contributed by atoms with Crippen LogP contribution in [0.5, 0.6) is 0 Å². The molecule has 1 aromatic carbocycles. The second-order valence-electron chi connectivity index (χ2n) is 4.97. The number of carbonyl (C=O) groups is 1. The van der Waals surface area contributed by atoms with Crippen molar-refractivity contribution in [1.82, 2.24) is 0 Å². The lowest BCUT2D eigenvalue weighted by atomic mass is 10.0. The van der Waals surface area contributed by atoms with Crippen molar-refractivity contribution in [2.45, 2.75) is 13.8 Å². The summed E-state index contributed by atoms with van der Waals surface area (Å²) in [6, 6.07) is 4.05. The number of fused-ring (bicyclic) bond motifs is 2. The first-order chi connectivity index (χ1) is 10.4. The molecule has 6 nitrogen and oxygen atoms in total. The van der Waals surface area contributed by atoms with Gasteiger partial charge in [-0.3, -0.25) is 4.79 Å². The molecule has 3 aromatic rings. The fourth-order valence-corrected chi connectivity index (χ4v) is 2.44. The van der Waals surface area contributed by atoms with Gasteiger partial charge in [0.05, 0.1) is 12.5 Å². The number of aryl methyl sites for hydroxylation is 2. The highest BCUT2D eigenvalue weighted by Crippen LogP contribution is 2.27. The fourth-order valence-electron chi connectivity index (χ4n) is 2.44. The Balaban J connectivity index is 2.52. The predicted molar refractivity (Wildman–Crippen MR) is 79.3 cm³/mol. The molecule has 0 bridgehead atoms. The molecular formula is C16H12O6. The summed E-state index contributed by atoms with van der Waals surface area (Å²) in [5.74, 6) is -0.943.